The van der Waals surface area contributed by atoms with Crippen LogP contribution in [0.4, 0.5) is 23.1 Å². The van der Waals surface area contributed by atoms with E-state index in [9.17, 15) is 4.57 Å². The third-order valence-electron chi connectivity index (χ3n) is 7.09. The summed E-state index contributed by atoms with van der Waals surface area (Å²) in [7, 11) is -2.47. The molecule has 1 saturated heterocycles. The number of hydrogen-bond acceptors (Lipinski definition) is 6. The average Bonchev–Trinajstić information content (AvgIpc) is 3.28. The largest absolute Gasteiger partial charge is 0.338 e. The molecule has 2 N–H and O–H groups in total. The minimum absolute atomic E-state index is 0.405. The number of aryl methyl sites for hydroxylation is 2. The van der Waals surface area contributed by atoms with Crippen molar-refractivity contribution in [3.8, 4) is 0 Å². The highest BCUT2D eigenvalue weighted by Crippen LogP contribution is 2.38. The Morgan fingerprint density at radius 3 is 2.51 bits per heavy atom. The molecule has 1 aliphatic heterocycles. The number of benzene rings is 2. The van der Waals surface area contributed by atoms with Crippen molar-refractivity contribution in [2.45, 2.75) is 44.6 Å². The summed E-state index contributed by atoms with van der Waals surface area (Å²) >= 11 is 6.41. The molecular formula is C27H33ClN5OP. The molecule has 1 unspecified atom stereocenters. The smallest absolute Gasteiger partial charge is 0.229 e. The molecule has 5 rings (SSSR count). The van der Waals surface area contributed by atoms with E-state index >= 15 is 0 Å². The van der Waals surface area contributed by atoms with Gasteiger partial charge in [-0.05, 0) is 100 Å². The van der Waals surface area contributed by atoms with Crippen LogP contribution in [-0.2, 0) is 17.4 Å². The molecule has 0 spiro atoms. The van der Waals surface area contributed by atoms with E-state index in [1.165, 1.54) is 49.9 Å². The van der Waals surface area contributed by atoms with Gasteiger partial charge in [0.1, 0.15) is 12.2 Å². The van der Waals surface area contributed by atoms with E-state index in [-0.39, 0.29) is 0 Å². The van der Waals surface area contributed by atoms with Crippen molar-refractivity contribution in [2.24, 2.45) is 0 Å². The molecule has 1 aromatic heterocycles. The number of aromatic nitrogens is 2. The van der Waals surface area contributed by atoms with Gasteiger partial charge in [0.2, 0.25) is 5.95 Å². The second kappa shape index (κ2) is 10.3. The lowest BCUT2D eigenvalue weighted by Crippen LogP contribution is -2.32. The van der Waals surface area contributed by atoms with E-state index in [4.69, 9.17) is 11.6 Å². The summed E-state index contributed by atoms with van der Waals surface area (Å²) in [6.45, 7) is 6.04. The Balaban J connectivity index is 1.32. The van der Waals surface area contributed by atoms with Crippen LogP contribution in [0.3, 0.4) is 0 Å². The number of rotatable bonds is 6. The van der Waals surface area contributed by atoms with Gasteiger partial charge in [-0.2, -0.15) is 4.98 Å². The minimum atomic E-state index is -2.47. The Hall–Kier alpha value is -2.40. The van der Waals surface area contributed by atoms with Crippen LogP contribution < -0.4 is 15.9 Å². The number of para-hydroxylation sites is 1. The van der Waals surface area contributed by atoms with Crippen molar-refractivity contribution in [1.29, 1.82) is 0 Å². The molecule has 6 nitrogen and oxygen atoms in total. The number of anilines is 4. The number of fused-ring (bicyclic) bond motifs is 1. The molecular weight excluding hydrogens is 477 g/mol. The predicted molar refractivity (Wildman–Crippen MR) is 147 cm³/mol. The molecule has 0 saturated carbocycles. The Morgan fingerprint density at radius 2 is 1.74 bits per heavy atom. The summed E-state index contributed by atoms with van der Waals surface area (Å²) in [5, 5.41) is 7.79. The first-order valence-corrected chi connectivity index (χ1v) is 15.4. The predicted octanol–water partition coefficient (Wildman–Crippen LogP) is 6.21. The van der Waals surface area contributed by atoms with Gasteiger partial charge in [-0.25, -0.2) is 4.98 Å². The van der Waals surface area contributed by atoms with Gasteiger partial charge in [-0.15, -0.1) is 0 Å². The summed E-state index contributed by atoms with van der Waals surface area (Å²) < 4.78 is 12.7. The van der Waals surface area contributed by atoms with Gasteiger partial charge in [0, 0.05) is 17.0 Å². The van der Waals surface area contributed by atoms with Gasteiger partial charge in [-0.1, -0.05) is 29.8 Å². The summed E-state index contributed by atoms with van der Waals surface area (Å²) in [4.78, 5) is 11.7. The van der Waals surface area contributed by atoms with Crippen molar-refractivity contribution >= 4 is 47.2 Å². The lowest BCUT2D eigenvalue weighted by Gasteiger charge is -2.25. The van der Waals surface area contributed by atoms with Crippen LogP contribution in [0.1, 0.15) is 36.8 Å². The first-order valence-electron chi connectivity index (χ1n) is 12.4. The van der Waals surface area contributed by atoms with E-state index in [2.05, 4.69) is 43.7 Å². The monoisotopic (exact) mass is 509 g/mol. The van der Waals surface area contributed by atoms with Crippen LogP contribution in [0.5, 0.6) is 0 Å². The first kappa shape index (κ1) is 24.3. The van der Waals surface area contributed by atoms with Crippen molar-refractivity contribution in [2.75, 3.05) is 37.1 Å². The normalized spacial score (nSPS) is 18.7. The van der Waals surface area contributed by atoms with Crippen LogP contribution in [0.15, 0.2) is 48.7 Å². The first-order chi connectivity index (χ1) is 16.9. The second-order valence-electron chi connectivity index (χ2n) is 9.97. The molecule has 1 aliphatic carbocycles. The Labute approximate surface area is 212 Å². The van der Waals surface area contributed by atoms with Gasteiger partial charge in [0.15, 0.2) is 5.82 Å². The maximum Gasteiger partial charge on any atom is 0.229 e. The maximum atomic E-state index is 12.7. The summed E-state index contributed by atoms with van der Waals surface area (Å²) in [5.74, 6) is 0.947. The molecule has 2 heterocycles. The number of hydrogen-bond donors (Lipinski definition) is 2. The Bertz CT molecular complexity index is 1250. The highest BCUT2D eigenvalue weighted by atomic mass is 35.5. The standard InChI is InChI=1S/C27H33ClN5OP/c1-35(2,34)25-8-4-3-7-24(25)31-26-23(28)18-29-27(32-26)30-21-12-9-19-10-13-22(14-11-20(19)17-21)33-15-5-6-16-33/h3-4,7-9,12,17-18,22H,5-6,10-11,13-16H2,1-2H3,(H2,29,30,31,32). The van der Waals surface area contributed by atoms with Crippen LogP contribution >= 0.6 is 18.7 Å². The third-order valence-corrected chi connectivity index (χ3v) is 8.92. The topological polar surface area (TPSA) is 70.2 Å². The van der Waals surface area contributed by atoms with Crippen molar-refractivity contribution < 1.29 is 4.57 Å². The van der Waals surface area contributed by atoms with E-state index < -0.39 is 7.14 Å². The fourth-order valence-electron chi connectivity index (χ4n) is 5.26. The third kappa shape index (κ3) is 5.72. The molecule has 3 aromatic rings. The molecule has 0 radical (unpaired) electrons. The van der Waals surface area contributed by atoms with Crippen LogP contribution in [0.2, 0.25) is 5.02 Å². The SMILES string of the molecule is CP(C)(=O)c1ccccc1Nc1nc(Nc2ccc3c(c2)CCC(N2CCCC2)CC3)ncc1Cl. The quantitative estimate of drug-likeness (QED) is 0.304. The van der Waals surface area contributed by atoms with Crippen molar-refractivity contribution in [1.82, 2.24) is 14.9 Å². The molecule has 2 aromatic carbocycles. The highest BCUT2D eigenvalue weighted by Gasteiger charge is 2.24. The van der Waals surface area contributed by atoms with E-state index in [1.807, 2.05) is 24.3 Å². The number of likely N-dealkylation sites (tertiary alicyclic amines) is 1. The zero-order valence-corrected chi connectivity index (χ0v) is 22.1. The molecule has 1 atom stereocenters. The highest BCUT2D eigenvalue weighted by molar-refractivity contribution is 7.70. The van der Waals surface area contributed by atoms with Crippen LogP contribution in [-0.4, -0.2) is 47.3 Å². The molecule has 35 heavy (non-hydrogen) atoms. The maximum absolute atomic E-state index is 12.7. The zero-order valence-electron chi connectivity index (χ0n) is 20.4. The number of nitrogens with one attached hydrogen (secondary N) is 2. The van der Waals surface area contributed by atoms with Gasteiger partial charge >= 0.3 is 0 Å². The van der Waals surface area contributed by atoms with E-state index in [0.717, 1.165) is 29.5 Å². The average molecular weight is 510 g/mol. The summed E-state index contributed by atoms with van der Waals surface area (Å²) in [6, 6.07) is 14.9. The number of halogens is 1. The molecule has 1 fully saturated rings. The van der Waals surface area contributed by atoms with Gasteiger partial charge in [0.05, 0.1) is 11.9 Å². The van der Waals surface area contributed by atoms with Crippen LogP contribution in [0.25, 0.3) is 0 Å². The summed E-state index contributed by atoms with van der Waals surface area (Å²) in [6.07, 6.45) is 8.99. The number of nitrogens with zero attached hydrogens (tertiary/aromatic N) is 3. The molecule has 0 bridgehead atoms. The van der Waals surface area contributed by atoms with E-state index in [1.54, 1.807) is 19.5 Å². The summed E-state index contributed by atoms with van der Waals surface area (Å²) in [5.41, 5.74) is 4.59. The minimum Gasteiger partial charge on any atom is -0.338 e. The Kier molecular flexibility index (Phi) is 7.15. The molecule has 0 amide bonds. The van der Waals surface area contributed by atoms with Crippen molar-refractivity contribution in [3.05, 3.63) is 64.8 Å². The lowest BCUT2D eigenvalue weighted by atomic mass is 10.0. The van der Waals surface area contributed by atoms with Gasteiger partial charge in [0.25, 0.3) is 0 Å². The van der Waals surface area contributed by atoms with Crippen molar-refractivity contribution in [3.63, 3.8) is 0 Å². The van der Waals surface area contributed by atoms with Crippen LogP contribution in [0, 0.1) is 0 Å². The second-order valence-corrected chi connectivity index (χ2v) is 13.6. The fourth-order valence-corrected chi connectivity index (χ4v) is 6.56. The molecule has 8 heteroatoms. The fraction of sp³-hybridized carbons (Fsp3) is 0.407. The van der Waals surface area contributed by atoms with E-state index in [0.29, 0.717) is 22.8 Å². The Morgan fingerprint density at radius 1 is 1.00 bits per heavy atom. The zero-order chi connectivity index (χ0) is 24.4. The molecule has 184 valence electrons. The molecule has 2 aliphatic rings. The van der Waals surface area contributed by atoms with Gasteiger partial charge < -0.3 is 20.1 Å². The van der Waals surface area contributed by atoms with Gasteiger partial charge in [-0.3, -0.25) is 0 Å². The lowest BCUT2D eigenvalue weighted by molar-refractivity contribution is 0.222.